The summed E-state index contributed by atoms with van der Waals surface area (Å²) in [6.07, 6.45) is -2.41. The van der Waals surface area contributed by atoms with Crippen LogP contribution in [0.5, 0.6) is 0 Å². The van der Waals surface area contributed by atoms with Gasteiger partial charge in [0, 0.05) is 0 Å². The average molecular weight is 368 g/mol. The van der Waals surface area contributed by atoms with Crippen molar-refractivity contribution >= 4 is 11.9 Å². The third-order valence-electron chi connectivity index (χ3n) is 5.22. The molecule has 2 fully saturated rings. The van der Waals surface area contributed by atoms with E-state index in [9.17, 15) is 22.8 Å². The van der Waals surface area contributed by atoms with E-state index in [0.717, 1.165) is 23.5 Å². The van der Waals surface area contributed by atoms with Crippen LogP contribution in [0.3, 0.4) is 0 Å². The predicted octanol–water partition coefficient (Wildman–Crippen LogP) is 4.34. The van der Waals surface area contributed by atoms with Crippen molar-refractivity contribution in [1.29, 1.82) is 0 Å². The zero-order chi connectivity index (χ0) is 19.3. The van der Waals surface area contributed by atoms with Crippen molar-refractivity contribution < 1.29 is 22.8 Å². The number of alkyl halides is 3. The first-order valence-electron chi connectivity index (χ1n) is 8.72. The summed E-state index contributed by atoms with van der Waals surface area (Å²) in [5.74, 6) is -0.0592. The van der Waals surface area contributed by atoms with Crippen LogP contribution in [0.4, 0.5) is 18.0 Å². The Balaban J connectivity index is 1.84. The summed E-state index contributed by atoms with van der Waals surface area (Å²) < 4.78 is 38.7. The van der Waals surface area contributed by atoms with Crippen molar-refractivity contribution in [3.63, 3.8) is 0 Å². The molecular weight excluding hydrogens is 345 g/mol. The number of nitrogens with zero attached hydrogens (tertiary/aromatic N) is 1. The molecular formula is C19H23F3N2O2. The van der Waals surface area contributed by atoms with Crippen LogP contribution in [-0.2, 0) is 17.5 Å². The van der Waals surface area contributed by atoms with E-state index < -0.39 is 23.3 Å². The molecule has 2 atom stereocenters. The highest BCUT2D eigenvalue weighted by atomic mass is 19.4. The number of carbonyl (C=O) groups is 2. The normalized spacial score (nSPS) is 28.5. The van der Waals surface area contributed by atoms with Gasteiger partial charge in [0.05, 0.1) is 12.1 Å². The number of hydrogen-bond donors (Lipinski definition) is 1. The van der Waals surface area contributed by atoms with Gasteiger partial charge in [0.1, 0.15) is 5.54 Å². The number of rotatable bonds is 2. The number of imide groups is 1. The van der Waals surface area contributed by atoms with Crippen molar-refractivity contribution in [3.05, 3.63) is 35.4 Å². The van der Waals surface area contributed by atoms with Crippen molar-refractivity contribution in [3.8, 4) is 0 Å². The number of halogens is 3. The zero-order valence-corrected chi connectivity index (χ0v) is 15.1. The molecule has 1 aromatic carbocycles. The molecule has 3 rings (SSSR count). The predicted molar refractivity (Wildman–Crippen MR) is 90.1 cm³/mol. The van der Waals surface area contributed by atoms with E-state index in [1.54, 1.807) is 0 Å². The molecule has 142 valence electrons. The summed E-state index contributed by atoms with van der Waals surface area (Å²) in [6, 6.07) is 4.21. The lowest BCUT2D eigenvalue weighted by atomic mass is 9.64. The maximum atomic E-state index is 13.0. The molecule has 26 heavy (non-hydrogen) atoms. The van der Waals surface area contributed by atoms with Crippen LogP contribution in [0.25, 0.3) is 0 Å². The number of benzene rings is 1. The topological polar surface area (TPSA) is 49.4 Å². The van der Waals surface area contributed by atoms with E-state index in [2.05, 4.69) is 26.1 Å². The molecule has 4 nitrogen and oxygen atoms in total. The van der Waals surface area contributed by atoms with Gasteiger partial charge in [-0.25, -0.2) is 4.79 Å². The summed E-state index contributed by atoms with van der Waals surface area (Å²) in [5.41, 5.74) is -1.54. The molecule has 3 amide bonds. The third-order valence-corrected chi connectivity index (χ3v) is 5.22. The van der Waals surface area contributed by atoms with Gasteiger partial charge in [0.15, 0.2) is 0 Å². The van der Waals surface area contributed by atoms with E-state index >= 15 is 0 Å². The highest BCUT2D eigenvalue weighted by Gasteiger charge is 2.56. The molecule has 2 unspecified atom stereocenters. The Bertz CT molecular complexity index is 745. The number of urea groups is 1. The number of carbonyl (C=O) groups excluding carboxylic acids is 2. The molecule has 1 saturated heterocycles. The molecule has 0 bridgehead atoms. The Hall–Kier alpha value is -2.05. The minimum Gasteiger partial charge on any atom is -0.323 e. The maximum Gasteiger partial charge on any atom is 0.416 e. The lowest BCUT2D eigenvalue weighted by Crippen LogP contribution is -2.54. The Kier molecular flexibility index (Phi) is 4.32. The van der Waals surface area contributed by atoms with Gasteiger partial charge in [0.2, 0.25) is 0 Å². The van der Waals surface area contributed by atoms with Gasteiger partial charge in [0.25, 0.3) is 5.91 Å². The van der Waals surface area contributed by atoms with Crippen LogP contribution < -0.4 is 5.32 Å². The fraction of sp³-hybridized carbons (Fsp3) is 0.579. The SMILES string of the molecule is CC1CC(C)(C)CC2(C1)NC(=O)N(Cc1cccc(C(F)(F)F)c1)C2=O. The largest absolute Gasteiger partial charge is 0.416 e. The van der Waals surface area contributed by atoms with Gasteiger partial charge in [-0.2, -0.15) is 13.2 Å². The number of hydrogen-bond acceptors (Lipinski definition) is 2. The molecule has 1 aromatic rings. The molecule has 1 heterocycles. The van der Waals surface area contributed by atoms with E-state index in [0.29, 0.717) is 12.8 Å². The zero-order valence-electron chi connectivity index (χ0n) is 15.1. The fourth-order valence-electron chi connectivity index (χ4n) is 4.68. The first-order chi connectivity index (χ1) is 11.9. The number of amides is 3. The summed E-state index contributed by atoms with van der Waals surface area (Å²) in [7, 11) is 0. The van der Waals surface area contributed by atoms with Gasteiger partial charge < -0.3 is 5.32 Å². The van der Waals surface area contributed by atoms with Crippen molar-refractivity contribution in [2.75, 3.05) is 0 Å². The van der Waals surface area contributed by atoms with E-state index in [1.807, 2.05) is 0 Å². The first-order valence-corrected chi connectivity index (χ1v) is 8.72. The quantitative estimate of drug-likeness (QED) is 0.790. The first kappa shape index (κ1) is 18.7. The summed E-state index contributed by atoms with van der Waals surface area (Å²) in [6.45, 7) is 6.03. The molecule has 0 aromatic heterocycles. The van der Waals surface area contributed by atoms with Gasteiger partial charge in [-0.1, -0.05) is 32.9 Å². The smallest absolute Gasteiger partial charge is 0.323 e. The lowest BCUT2D eigenvalue weighted by Gasteiger charge is -2.43. The van der Waals surface area contributed by atoms with Crippen molar-refractivity contribution in [2.45, 2.75) is 58.3 Å². The third kappa shape index (κ3) is 3.44. The average Bonchev–Trinajstić information content (AvgIpc) is 2.68. The standard InChI is InChI=1S/C19H23F3N2O2/c1-12-8-17(2,3)11-18(9-12)15(25)24(16(26)23-18)10-13-5-4-6-14(7-13)19(20,21)22/h4-7,12H,8-11H2,1-3H3,(H,23,26). The minimum atomic E-state index is -4.46. The molecule has 1 aliphatic heterocycles. The molecule has 7 heteroatoms. The highest BCUT2D eigenvalue weighted by molar-refractivity contribution is 6.07. The Morgan fingerprint density at radius 2 is 1.92 bits per heavy atom. The summed E-state index contributed by atoms with van der Waals surface area (Å²) in [4.78, 5) is 26.5. The monoisotopic (exact) mass is 368 g/mol. The van der Waals surface area contributed by atoms with E-state index in [4.69, 9.17) is 0 Å². The van der Waals surface area contributed by atoms with E-state index in [-0.39, 0.29) is 29.3 Å². The van der Waals surface area contributed by atoms with Gasteiger partial charge in [-0.15, -0.1) is 0 Å². The number of nitrogens with one attached hydrogen (secondary N) is 1. The van der Waals surface area contributed by atoms with Gasteiger partial charge in [-0.3, -0.25) is 9.69 Å². The lowest BCUT2D eigenvalue weighted by molar-refractivity contribution is -0.137. The molecule has 2 aliphatic rings. The highest BCUT2D eigenvalue weighted by Crippen LogP contribution is 2.46. The molecule has 1 N–H and O–H groups in total. The van der Waals surface area contributed by atoms with Gasteiger partial charge in [-0.05, 0) is 48.3 Å². The van der Waals surface area contributed by atoms with Crippen LogP contribution in [-0.4, -0.2) is 22.4 Å². The maximum absolute atomic E-state index is 13.0. The Morgan fingerprint density at radius 1 is 1.23 bits per heavy atom. The van der Waals surface area contributed by atoms with Crippen LogP contribution in [0.1, 0.15) is 51.2 Å². The van der Waals surface area contributed by atoms with Gasteiger partial charge >= 0.3 is 12.2 Å². The van der Waals surface area contributed by atoms with Crippen molar-refractivity contribution in [2.24, 2.45) is 11.3 Å². The van der Waals surface area contributed by atoms with Crippen LogP contribution >= 0.6 is 0 Å². The van der Waals surface area contributed by atoms with Crippen molar-refractivity contribution in [1.82, 2.24) is 10.2 Å². The van der Waals surface area contributed by atoms with Crippen LogP contribution in [0.15, 0.2) is 24.3 Å². The summed E-state index contributed by atoms with van der Waals surface area (Å²) >= 11 is 0. The second kappa shape index (κ2) is 5.99. The second-order valence-electron chi connectivity index (χ2n) is 8.46. The minimum absolute atomic E-state index is 0.0905. The molecule has 1 saturated carbocycles. The molecule has 0 radical (unpaired) electrons. The second-order valence-corrected chi connectivity index (χ2v) is 8.46. The molecule has 1 spiro atoms. The summed E-state index contributed by atoms with van der Waals surface area (Å²) in [5, 5.41) is 2.84. The van der Waals surface area contributed by atoms with E-state index in [1.165, 1.54) is 12.1 Å². The fourth-order valence-corrected chi connectivity index (χ4v) is 4.68. The van der Waals surface area contributed by atoms with Crippen LogP contribution in [0.2, 0.25) is 0 Å². The van der Waals surface area contributed by atoms with Crippen LogP contribution in [0, 0.1) is 11.3 Å². The Labute approximate surface area is 150 Å². The molecule has 1 aliphatic carbocycles. The Morgan fingerprint density at radius 3 is 2.54 bits per heavy atom.